The number of benzene rings is 7. The lowest BCUT2D eigenvalue weighted by molar-refractivity contribution is 0.420. The Labute approximate surface area is 284 Å². The molecule has 0 radical (unpaired) electrons. The molecular formula is C47H39N. The van der Waals surface area contributed by atoms with Gasteiger partial charge in [-0.1, -0.05) is 146 Å². The van der Waals surface area contributed by atoms with Crippen LogP contribution in [0.25, 0.3) is 44.2 Å². The van der Waals surface area contributed by atoms with Gasteiger partial charge in [0.25, 0.3) is 0 Å². The molecule has 0 aliphatic heterocycles. The topological polar surface area (TPSA) is 3.24 Å². The van der Waals surface area contributed by atoms with Crippen molar-refractivity contribution in [2.24, 2.45) is 11.8 Å². The highest BCUT2D eigenvalue weighted by Gasteiger charge is 2.39. The Morgan fingerprint density at radius 1 is 0.417 bits per heavy atom. The molecule has 1 nitrogen and oxygen atoms in total. The highest BCUT2D eigenvalue weighted by atomic mass is 15.1. The van der Waals surface area contributed by atoms with Crippen LogP contribution in [0.2, 0.25) is 0 Å². The molecule has 7 aromatic carbocycles. The lowest BCUT2D eigenvalue weighted by atomic mass is 9.83. The first-order valence-electron chi connectivity index (χ1n) is 17.5. The molecule has 0 saturated heterocycles. The van der Waals surface area contributed by atoms with Crippen molar-refractivity contribution in [3.05, 3.63) is 175 Å². The lowest BCUT2D eigenvalue weighted by Gasteiger charge is -2.28. The lowest BCUT2D eigenvalue weighted by Crippen LogP contribution is -2.11. The van der Waals surface area contributed by atoms with Gasteiger partial charge in [-0.25, -0.2) is 0 Å². The van der Waals surface area contributed by atoms with Crippen molar-refractivity contribution in [2.75, 3.05) is 4.90 Å². The largest absolute Gasteiger partial charge is 0.310 e. The SMILES string of the molecule is c1ccc(-c2ccccc2N(c2ccc(-c3ccc(C4CC5CCC4C5)cc3)cc2)c2ccc(-c3cccc4ccccc34)cc2)cc1. The first-order valence-corrected chi connectivity index (χ1v) is 17.5. The number of fused-ring (bicyclic) bond motifs is 3. The summed E-state index contributed by atoms with van der Waals surface area (Å²) in [7, 11) is 0. The van der Waals surface area contributed by atoms with E-state index in [1.165, 1.54) is 69.8 Å². The molecule has 3 atom stereocenters. The maximum absolute atomic E-state index is 2.40. The average Bonchev–Trinajstić information content (AvgIpc) is 3.81. The van der Waals surface area contributed by atoms with Gasteiger partial charge in [0.05, 0.1) is 5.69 Å². The molecule has 7 aromatic rings. The summed E-state index contributed by atoms with van der Waals surface area (Å²) in [5.41, 5.74) is 12.4. The minimum atomic E-state index is 0.769. The van der Waals surface area contributed by atoms with E-state index in [4.69, 9.17) is 0 Å². The Bertz CT molecular complexity index is 2170. The maximum Gasteiger partial charge on any atom is 0.0540 e. The van der Waals surface area contributed by atoms with Crippen LogP contribution >= 0.6 is 0 Å². The average molecular weight is 618 g/mol. The van der Waals surface area contributed by atoms with Crippen LogP contribution in [0.1, 0.15) is 37.2 Å². The molecule has 2 bridgehead atoms. The fourth-order valence-electron chi connectivity index (χ4n) is 8.60. The van der Waals surface area contributed by atoms with Gasteiger partial charge in [-0.3, -0.25) is 0 Å². The fourth-order valence-corrected chi connectivity index (χ4v) is 8.60. The van der Waals surface area contributed by atoms with Crippen LogP contribution in [0.15, 0.2) is 170 Å². The third kappa shape index (κ3) is 5.30. The van der Waals surface area contributed by atoms with Gasteiger partial charge in [-0.2, -0.15) is 0 Å². The predicted molar refractivity (Wildman–Crippen MR) is 203 cm³/mol. The van der Waals surface area contributed by atoms with E-state index in [9.17, 15) is 0 Å². The van der Waals surface area contributed by atoms with Crippen LogP contribution in [0.5, 0.6) is 0 Å². The molecule has 2 saturated carbocycles. The maximum atomic E-state index is 2.40. The summed E-state index contributed by atoms with van der Waals surface area (Å²) < 4.78 is 0. The van der Waals surface area contributed by atoms with Gasteiger partial charge in [0.2, 0.25) is 0 Å². The molecule has 3 unspecified atom stereocenters. The van der Waals surface area contributed by atoms with Gasteiger partial charge in [0.1, 0.15) is 0 Å². The van der Waals surface area contributed by atoms with Crippen LogP contribution in [0.3, 0.4) is 0 Å². The summed E-state index contributed by atoms with van der Waals surface area (Å²) in [6.07, 6.45) is 5.72. The Hall–Kier alpha value is -5.40. The monoisotopic (exact) mass is 617 g/mol. The van der Waals surface area contributed by atoms with E-state index in [0.717, 1.165) is 34.8 Å². The summed E-state index contributed by atoms with van der Waals surface area (Å²) in [6.45, 7) is 0. The first-order chi connectivity index (χ1) is 23.8. The highest BCUT2D eigenvalue weighted by Crippen LogP contribution is 2.53. The van der Waals surface area contributed by atoms with Crippen LogP contribution in [-0.2, 0) is 0 Å². The van der Waals surface area contributed by atoms with E-state index in [-0.39, 0.29) is 0 Å². The van der Waals surface area contributed by atoms with Crippen molar-refractivity contribution >= 4 is 27.8 Å². The number of hydrogen-bond acceptors (Lipinski definition) is 1. The van der Waals surface area contributed by atoms with Gasteiger partial charge in [0, 0.05) is 16.9 Å². The van der Waals surface area contributed by atoms with Gasteiger partial charge in [0.15, 0.2) is 0 Å². The second-order valence-corrected chi connectivity index (χ2v) is 13.7. The summed E-state index contributed by atoms with van der Waals surface area (Å²) >= 11 is 0. The molecule has 2 aliphatic carbocycles. The van der Waals surface area contributed by atoms with Crippen LogP contribution in [0.4, 0.5) is 17.1 Å². The molecular weight excluding hydrogens is 579 g/mol. The number of nitrogens with zero attached hydrogens (tertiary/aromatic N) is 1. The molecule has 0 spiro atoms. The second kappa shape index (κ2) is 12.3. The van der Waals surface area contributed by atoms with Gasteiger partial charge in [-0.05, 0) is 112 Å². The molecule has 0 N–H and O–H groups in total. The molecule has 0 heterocycles. The zero-order valence-electron chi connectivity index (χ0n) is 27.2. The van der Waals surface area contributed by atoms with Crippen molar-refractivity contribution < 1.29 is 0 Å². The third-order valence-corrected chi connectivity index (χ3v) is 11.0. The predicted octanol–water partition coefficient (Wildman–Crippen LogP) is 13.2. The van der Waals surface area contributed by atoms with E-state index in [1.807, 2.05) is 0 Å². The molecule has 9 rings (SSSR count). The van der Waals surface area contributed by atoms with E-state index in [0.29, 0.717) is 0 Å². The number of para-hydroxylation sites is 1. The molecule has 1 heteroatoms. The van der Waals surface area contributed by atoms with E-state index in [2.05, 4.69) is 175 Å². The molecule has 0 amide bonds. The summed E-state index contributed by atoms with van der Waals surface area (Å²) in [5, 5.41) is 2.54. The summed E-state index contributed by atoms with van der Waals surface area (Å²) in [5.74, 6) is 2.65. The Morgan fingerprint density at radius 3 is 1.71 bits per heavy atom. The van der Waals surface area contributed by atoms with E-state index < -0.39 is 0 Å². The molecule has 2 aliphatic rings. The minimum Gasteiger partial charge on any atom is -0.310 e. The van der Waals surface area contributed by atoms with Crippen LogP contribution in [-0.4, -0.2) is 0 Å². The van der Waals surface area contributed by atoms with Crippen molar-refractivity contribution in [1.29, 1.82) is 0 Å². The normalized spacial score (nSPS) is 18.3. The zero-order chi connectivity index (χ0) is 31.9. The van der Waals surface area contributed by atoms with Gasteiger partial charge >= 0.3 is 0 Å². The van der Waals surface area contributed by atoms with Crippen molar-refractivity contribution in [3.8, 4) is 33.4 Å². The number of hydrogen-bond donors (Lipinski definition) is 0. The van der Waals surface area contributed by atoms with Gasteiger partial charge in [-0.15, -0.1) is 0 Å². The zero-order valence-corrected chi connectivity index (χ0v) is 27.2. The number of anilines is 3. The standard InChI is InChI=1S/C47H39N/c1-2-9-37(10-3-1)45-14-6-7-16-47(45)48(42-29-25-38(26-30-42)44-15-8-12-36-11-4-5-13-43(36)44)41-27-23-35(24-28-41)34-19-21-39(22-20-34)46-32-33-17-18-40(46)31-33/h1-16,19-30,33,40,46H,17-18,31-32H2. The second-order valence-electron chi connectivity index (χ2n) is 13.7. The third-order valence-electron chi connectivity index (χ3n) is 11.0. The van der Waals surface area contributed by atoms with Crippen molar-refractivity contribution in [1.82, 2.24) is 0 Å². The van der Waals surface area contributed by atoms with E-state index >= 15 is 0 Å². The first kappa shape index (κ1) is 28.8. The van der Waals surface area contributed by atoms with E-state index in [1.54, 1.807) is 5.56 Å². The number of rotatable bonds is 7. The highest BCUT2D eigenvalue weighted by molar-refractivity contribution is 5.97. The van der Waals surface area contributed by atoms with Crippen molar-refractivity contribution in [3.63, 3.8) is 0 Å². The molecule has 0 aromatic heterocycles. The summed E-state index contributed by atoms with van der Waals surface area (Å²) in [6, 6.07) is 62.3. The van der Waals surface area contributed by atoms with Gasteiger partial charge < -0.3 is 4.90 Å². The Kier molecular flexibility index (Phi) is 7.39. The minimum absolute atomic E-state index is 0.769. The van der Waals surface area contributed by atoms with Crippen LogP contribution in [0, 0.1) is 11.8 Å². The van der Waals surface area contributed by atoms with Crippen LogP contribution < -0.4 is 4.90 Å². The van der Waals surface area contributed by atoms with Crippen molar-refractivity contribution in [2.45, 2.75) is 31.6 Å². The Balaban J connectivity index is 1.08. The summed E-state index contributed by atoms with van der Waals surface area (Å²) in [4.78, 5) is 2.40. The molecule has 2 fully saturated rings. The Morgan fingerprint density at radius 2 is 1.00 bits per heavy atom. The molecule has 232 valence electrons. The smallest absolute Gasteiger partial charge is 0.0540 e. The molecule has 48 heavy (non-hydrogen) atoms. The fraction of sp³-hybridized carbons (Fsp3) is 0.149. The quantitative estimate of drug-likeness (QED) is 0.172.